The monoisotopic (exact) mass is 433 g/mol. The number of ketones is 1. The first-order valence-corrected chi connectivity index (χ1v) is 11.3. The van der Waals surface area contributed by atoms with Crippen LogP contribution < -0.4 is 5.32 Å². The lowest BCUT2D eigenvalue weighted by Crippen LogP contribution is -2.32. The highest BCUT2D eigenvalue weighted by atomic mass is 19.1. The van der Waals surface area contributed by atoms with Crippen LogP contribution >= 0.6 is 0 Å². The summed E-state index contributed by atoms with van der Waals surface area (Å²) in [7, 11) is 0. The number of allylic oxidation sites excluding steroid dienone is 3. The Hall–Kier alpha value is -2.92. The lowest BCUT2D eigenvalue weighted by atomic mass is 9.84. The average molecular weight is 434 g/mol. The highest BCUT2D eigenvalue weighted by Gasteiger charge is 2.52. The molecule has 5 heteroatoms. The van der Waals surface area contributed by atoms with Gasteiger partial charge in [0.1, 0.15) is 11.6 Å². The van der Waals surface area contributed by atoms with Crippen LogP contribution in [0, 0.1) is 18.2 Å². The first-order valence-electron chi connectivity index (χ1n) is 11.3. The fourth-order valence-electron chi connectivity index (χ4n) is 4.81. The van der Waals surface area contributed by atoms with Gasteiger partial charge in [-0.1, -0.05) is 35.9 Å². The van der Waals surface area contributed by atoms with Crippen molar-refractivity contribution in [1.82, 2.24) is 5.32 Å². The van der Waals surface area contributed by atoms with Crippen molar-refractivity contribution in [2.75, 3.05) is 19.9 Å². The van der Waals surface area contributed by atoms with Gasteiger partial charge in [0, 0.05) is 12.0 Å². The third-order valence-corrected chi connectivity index (χ3v) is 6.89. The lowest BCUT2D eigenvalue weighted by Gasteiger charge is -2.21. The van der Waals surface area contributed by atoms with E-state index in [0.29, 0.717) is 18.7 Å². The summed E-state index contributed by atoms with van der Waals surface area (Å²) in [6.07, 6.45) is 6.29. The second-order valence-electron chi connectivity index (χ2n) is 8.92. The quantitative estimate of drug-likeness (QED) is 0.580. The molecule has 1 fully saturated rings. The normalized spacial score (nSPS) is 18.5. The number of benzene rings is 2. The second kappa shape index (κ2) is 8.55. The van der Waals surface area contributed by atoms with Gasteiger partial charge in [-0.25, -0.2) is 4.39 Å². The first kappa shape index (κ1) is 21.0. The molecule has 0 unspecified atom stereocenters. The summed E-state index contributed by atoms with van der Waals surface area (Å²) in [5.74, 6) is 1.77. The molecular weight excluding hydrogens is 405 g/mol. The Bertz CT molecular complexity index is 1110. The van der Waals surface area contributed by atoms with E-state index in [4.69, 9.17) is 9.47 Å². The van der Waals surface area contributed by atoms with Gasteiger partial charge >= 0.3 is 0 Å². The molecule has 2 aromatic carbocycles. The summed E-state index contributed by atoms with van der Waals surface area (Å²) in [6, 6.07) is 13.1. The predicted molar refractivity (Wildman–Crippen MR) is 121 cm³/mol. The maximum Gasteiger partial charge on any atom is 0.230 e. The van der Waals surface area contributed by atoms with Gasteiger partial charge in [-0.05, 0) is 74.1 Å². The Balaban J connectivity index is 1.18. The number of hydrogen-bond donors (Lipinski definition) is 1. The topological polar surface area (TPSA) is 47.6 Å². The molecule has 3 aliphatic rings. The van der Waals surface area contributed by atoms with E-state index >= 15 is 0 Å². The van der Waals surface area contributed by atoms with Gasteiger partial charge in [-0.15, -0.1) is 0 Å². The predicted octanol–water partition coefficient (Wildman–Crippen LogP) is 5.22. The Labute approximate surface area is 188 Å². The number of carbonyl (C=O) groups excluding carboxylic acids is 1. The minimum atomic E-state index is -0.314. The van der Waals surface area contributed by atoms with Crippen LogP contribution in [0.15, 0.2) is 65.6 Å². The lowest BCUT2D eigenvalue weighted by molar-refractivity contribution is -0.122. The van der Waals surface area contributed by atoms with Crippen molar-refractivity contribution in [2.24, 2.45) is 5.41 Å². The largest absolute Gasteiger partial charge is 0.458 e. The minimum absolute atomic E-state index is 0.211. The maximum atomic E-state index is 14.4. The maximum absolute atomic E-state index is 14.4. The van der Waals surface area contributed by atoms with Crippen LogP contribution in [0.1, 0.15) is 36.8 Å². The van der Waals surface area contributed by atoms with Crippen LogP contribution in [0.25, 0.3) is 11.1 Å². The first-order chi connectivity index (χ1) is 15.6. The van der Waals surface area contributed by atoms with Crippen LogP contribution in [-0.2, 0) is 20.7 Å². The smallest absolute Gasteiger partial charge is 0.230 e. The van der Waals surface area contributed by atoms with Crippen LogP contribution in [0.4, 0.5) is 4.39 Å². The van der Waals surface area contributed by atoms with Crippen LogP contribution in [-0.4, -0.2) is 25.7 Å². The molecule has 0 bridgehead atoms. The number of rotatable bonds is 8. The highest BCUT2D eigenvalue weighted by Crippen LogP contribution is 2.55. The van der Waals surface area contributed by atoms with Crippen molar-refractivity contribution >= 4 is 5.78 Å². The summed E-state index contributed by atoms with van der Waals surface area (Å²) in [5.41, 5.74) is 4.53. The molecule has 0 radical (unpaired) electrons. The Morgan fingerprint density at radius 1 is 1.09 bits per heavy atom. The Morgan fingerprint density at radius 2 is 1.94 bits per heavy atom. The molecule has 5 rings (SSSR count). The molecule has 0 amide bonds. The van der Waals surface area contributed by atoms with E-state index in [0.717, 1.165) is 60.3 Å². The van der Waals surface area contributed by atoms with Gasteiger partial charge in [0.2, 0.25) is 6.79 Å². The van der Waals surface area contributed by atoms with Crippen LogP contribution in [0.2, 0.25) is 0 Å². The molecule has 32 heavy (non-hydrogen) atoms. The van der Waals surface area contributed by atoms with Gasteiger partial charge in [-0.2, -0.15) is 0 Å². The van der Waals surface area contributed by atoms with Crippen molar-refractivity contribution in [3.05, 3.63) is 82.6 Å². The number of aryl methyl sites for hydroxylation is 1. The van der Waals surface area contributed by atoms with Crippen molar-refractivity contribution in [1.29, 1.82) is 0 Å². The molecule has 4 nitrogen and oxygen atoms in total. The zero-order valence-electron chi connectivity index (χ0n) is 18.4. The molecular formula is C27H28FNO3. The Morgan fingerprint density at radius 3 is 2.75 bits per heavy atom. The summed E-state index contributed by atoms with van der Waals surface area (Å²) < 4.78 is 25.4. The van der Waals surface area contributed by atoms with Crippen LogP contribution in [0.3, 0.4) is 0 Å². The van der Waals surface area contributed by atoms with E-state index in [9.17, 15) is 9.18 Å². The molecule has 0 spiro atoms. The van der Waals surface area contributed by atoms with E-state index in [1.54, 1.807) is 0 Å². The number of nitrogens with one attached hydrogen (secondary N) is 1. The number of halogens is 1. The van der Waals surface area contributed by atoms with Gasteiger partial charge in [-0.3, -0.25) is 4.79 Å². The summed E-state index contributed by atoms with van der Waals surface area (Å²) in [5, 5.41) is 3.31. The van der Waals surface area contributed by atoms with Gasteiger partial charge < -0.3 is 14.8 Å². The third-order valence-electron chi connectivity index (χ3n) is 6.89. The van der Waals surface area contributed by atoms with Crippen molar-refractivity contribution in [3.63, 3.8) is 0 Å². The van der Waals surface area contributed by atoms with Gasteiger partial charge in [0.15, 0.2) is 11.5 Å². The van der Waals surface area contributed by atoms with Gasteiger partial charge in [0.25, 0.3) is 0 Å². The van der Waals surface area contributed by atoms with Crippen molar-refractivity contribution in [3.8, 4) is 11.1 Å². The zero-order chi connectivity index (χ0) is 22.1. The molecule has 1 heterocycles. The minimum Gasteiger partial charge on any atom is -0.458 e. The average Bonchev–Trinajstić information content (AvgIpc) is 3.49. The molecule has 1 N–H and O–H groups in total. The fraction of sp³-hybridized carbons (Fsp3) is 0.370. The van der Waals surface area contributed by atoms with E-state index < -0.39 is 0 Å². The second-order valence-corrected chi connectivity index (χ2v) is 8.92. The van der Waals surface area contributed by atoms with E-state index in [2.05, 4.69) is 5.32 Å². The number of ether oxygens (including phenoxy) is 2. The molecule has 1 aliphatic heterocycles. The molecule has 0 aromatic heterocycles. The number of hydrogen-bond acceptors (Lipinski definition) is 4. The zero-order valence-corrected chi connectivity index (χ0v) is 18.4. The summed E-state index contributed by atoms with van der Waals surface area (Å²) in [6.45, 7) is 3.30. The summed E-state index contributed by atoms with van der Waals surface area (Å²) in [4.78, 5) is 13.0. The van der Waals surface area contributed by atoms with E-state index in [1.165, 1.54) is 11.6 Å². The van der Waals surface area contributed by atoms with Crippen LogP contribution in [0.5, 0.6) is 0 Å². The van der Waals surface area contributed by atoms with Crippen molar-refractivity contribution in [2.45, 2.75) is 39.0 Å². The molecule has 1 saturated carbocycles. The van der Waals surface area contributed by atoms with Crippen molar-refractivity contribution < 1.29 is 18.7 Å². The molecule has 166 valence electrons. The SMILES string of the molecule is Cc1ccccc1-c1cc(CCNCC(=O)C2(C3=CC4=C(CC3)OCO4)CC2)ccc1F. The highest BCUT2D eigenvalue weighted by molar-refractivity contribution is 5.92. The number of carbonyl (C=O) groups is 1. The van der Waals surface area contributed by atoms with Gasteiger partial charge in [0.05, 0.1) is 12.0 Å². The van der Waals surface area contributed by atoms with E-state index in [1.807, 2.05) is 49.4 Å². The number of Topliss-reactive ketones (excluding diaryl/α,β-unsaturated/α-hetero) is 1. The van der Waals surface area contributed by atoms with E-state index in [-0.39, 0.29) is 23.8 Å². The molecule has 2 aliphatic carbocycles. The molecule has 0 atom stereocenters. The molecule has 0 saturated heterocycles. The Kier molecular flexibility index (Phi) is 5.60. The summed E-state index contributed by atoms with van der Waals surface area (Å²) >= 11 is 0. The molecule has 2 aromatic rings. The third kappa shape index (κ3) is 3.97. The fourth-order valence-corrected chi connectivity index (χ4v) is 4.81. The standard InChI is InChI=1S/C27H28FNO3/c1-18-4-2-3-5-21(18)22-14-19(6-8-23(22)28)10-13-29-16-26(30)27(11-12-27)20-7-9-24-25(15-20)32-17-31-24/h2-6,8,14-15,29H,7,9-13,16-17H2,1H3.